The number of aryl methyl sites for hydroxylation is 2. The van der Waals surface area contributed by atoms with E-state index in [0.29, 0.717) is 17.8 Å². The number of rotatable bonds is 2. The lowest BCUT2D eigenvalue weighted by Gasteiger charge is -2.39. The second-order valence-corrected chi connectivity index (χ2v) is 9.54. The van der Waals surface area contributed by atoms with Gasteiger partial charge in [0.1, 0.15) is 5.82 Å². The molecule has 0 spiro atoms. The molecule has 1 aliphatic carbocycles. The third-order valence-corrected chi connectivity index (χ3v) is 6.90. The van der Waals surface area contributed by atoms with Crippen molar-refractivity contribution in [2.24, 2.45) is 5.73 Å². The van der Waals surface area contributed by atoms with E-state index < -0.39 is 0 Å². The summed E-state index contributed by atoms with van der Waals surface area (Å²) in [6.07, 6.45) is 2.09. The fraction of sp³-hybridized carbons (Fsp3) is 0.273. The van der Waals surface area contributed by atoms with Gasteiger partial charge < -0.3 is 5.73 Å². The van der Waals surface area contributed by atoms with Crippen molar-refractivity contribution in [3.8, 4) is 6.07 Å². The molecule has 2 N–H and O–H groups in total. The number of nitrogens with zero attached hydrogens (tertiary/aromatic N) is 2. The van der Waals surface area contributed by atoms with Crippen LogP contribution in [0.25, 0.3) is 0 Å². The number of anilines is 1. The Labute approximate surface area is 177 Å². The fourth-order valence-corrected chi connectivity index (χ4v) is 5.45. The van der Waals surface area contributed by atoms with E-state index in [4.69, 9.17) is 5.73 Å². The predicted molar refractivity (Wildman–Crippen MR) is 116 cm³/mol. The van der Waals surface area contributed by atoms with Crippen LogP contribution in [-0.2, 0) is 4.79 Å². The van der Waals surface area contributed by atoms with Crippen molar-refractivity contribution in [1.29, 1.82) is 5.26 Å². The molecule has 1 aromatic carbocycles. The highest BCUT2D eigenvalue weighted by atomic mass is 79.9. The Morgan fingerprint density at radius 1 is 1.25 bits per heavy atom. The SMILES string of the molecule is Cc1cc(C2C(C#N)=C(N)N(c3ccc(Br)cc3)C3=C2C(=O)CCC3)c(C)s1. The predicted octanol–water partition coefficient (Wildman–Crippen LogP) is 5.43. The summed E-state index contributed by atoms with van der Waals surface area (Å²) < 4.78 is 0.965. The normalized spacial score (nSPS) is 19.7. The van der Waals surface area contributed by atoms with E-state index in [1.165, 1.54) is 4.88 Å². The van der Waals surface area contributed by atoms with Crippen molar-refractivity contribution < 1.29 is 4.79 Å². The monoisotopic (exact) mass is 453 g/mol. The highest BCUT2D eigenvalue weighted by Crippen LogP contribution is 2.48. The Hall–Kier alpha value is -2.36. The molecule has 6 heteroatoms. The summed E-state index contributed by atoms with van der Waals surface area (Å²) in [5.74, 6) is 0.174. The van der Waals surface area contributed by atoms with Gasteiger partial charge in [-0.3, -0.25) is 9.69 Å². The van der Waals surface area contributed by atoms with Crippen molar-refractivity contribution in [3.05, 3.63) is 72.8 Å². The van der Waals surface area contributed by atoms with E-state index in [-0.39, 0.29) is 11.7 Å². The van der Waals surface area contributed by atoms with Crippen molar-refractivity contribution in [3.63, 3.8) is 0 Å². The van der Waals surface area contributed by atoms with Gasteiger partial charge in [0.25, 0.3) is 0 Å². The maximum atomic E-state index is 13.1. The van der Waals surface area contributed by atoms with Gasteiger partial charge in [0.2, 0.25) is 0 Å². The summed E-state index contributed by atoms with van der Waals surface area (Å²) in [7, 11) is 0. The fourth-order valence-electron chi connectivity index (χ4n) is 4.22. The number of hydrogen-bond donors (Lipinski definition) is 1. The molecule has 0 fully saturated rings. The van der Waals surface area contributed by atoms with Crippen LogP contribution in [0.5, 0.6) is 0 Å². The maximum Gasteiger partial charge on any atom is 0.161 e. The zero-order chi connectivity index (χ0) is 20.0. The molecule has 0 radical (unpaired) electrons. The van der Waals surface area contributed by atoms with E-state index in [0.717, 1.165) is 44.7 Å². The van der Waals surface area contributed by atoms with Crippen LogP contribution in [0, 0.1) is 25.2 Å². The Balaban J connectivity index is 1.98. The van der Waals surface area contributed by atoms with Crippen molar-refractivity contribution >= 4 is 38.7 Å². The Kier molecular flexibility index (Phi) is 4.90. The lowest BCUT2D eigenvalue weighted by Crippen LogP contribution is -2.38. The number of thiophene rings is 1. The van der Waals surface area contributed by atoms with Crippen LogP contribution in [0.4, 0.5) is 5.69 Å². The van der Waals surface area contributed by atoms with Gasteiger partial charge in [-0.2, -0.15) is 5.26 Å². The number of halogens is 1. The van der Waals surface area contributed by atoms with Crippen LogP contribution < -0.4 is 10.6 Å². The summed E-state index contributed by atoms with van der Waals surface area (Å²) in [5.41, 5.74) is 10.6. The number of Topliss-reactive ketones (excluding diaryl/α,β-unsaturated/α-hetero) is 1. The number of nitriles is 1. The molecule has 1 aliphatic heterocycles. The largest absolute Gasteiger partial charge is 0.384 e. The molecule has 2 heterocycles. The Bertz CT molecular complexity index is 1070. The average Bonchev–Trinajstić information content (AvgIpc) is 3.00. The van der Waals surface area contributed by atoms with Gasteiger partial charge in [0.15, 0.2) is 5.78 Å². The molecule has 0 saturated heterocycles. The first-order valence-corrected chi connectivity index (χ1v) is 10.8. The van der Waals surface area contributed by atoms with Gasteiger partial charge in [0.05, 0.1) is 17.6 Å². The molecule has 1 aromatic heterocycles. The van der Waals surface area contributed by atoms with Gasteiger partial charge in [-0.25, -0.2) is 0 Å². The molecule has 2 aromatic rings. The third kappa shape index (κ3) is 2.99. The zero-order valence-corrected chi connectivity index (χ0v) is 18.2. The second kappa shape index (κ2) is 7.23. The molecular formula is C22H20BrN3OS. The molecule has 28 heavy (non-hydrogen) atoms. The molecule has 4 rings (SSSR count). The molecule has 1 atom stereocenters. The topological polar surface area (TPSA) is 70.1 Å². The standard InChI is InChI=1S/C22H20BrN3OS/c1-12-10-16(13(2)28-12)20-17(11-24)22(25)26(15-8-6-14(23)7-9-15)18-4-3-5-19(27)21(18)20/h6-10,20H,3-5,25H2,1-2H3. The quantitative estimate of drug-likeness (QED) is 0.657. The van der Waals surface area contributed by atoms with Crippen LogP contribution in [0.15, 0.2) is 57.5 Å². The van der Waals surface area contributed by atoms with Gasteiger partial charge in [0, 0.05) is 37.6 Å². The Morgan fingerprint density at radius 3 is 2.57 bits per heavy atom. The van der Waals surface area contributed by atoms with Crippen LogP contribution in [0.1, 0.15) is 40.5 Å². The van der Waals surface area contributed by atoms with E-state index >= 15 is 0 Å². The molecule has 142 valence electrons. The minimum atomic E-state index is -0.371. The third-order valence-electron chi connectivity index (χ3n) is 5.39. The molecule has 0 bridgehead atoms. The average molecular weight is 454 g/mol. The molecule has 0 saturated carbocycles. The smallest absolute Gasteiger partial charge is 0.161 e. The molecular weight excluding hydrogens is 434 g/mol. The first-order valence-electron chi connectivity index (χ1n) is 9.21. The highest BCUT2D eigenvalue weighted by Gasteiger charge is 2.41. The number of allylic oxidation sites excluding steroid dienone is 3. The molecule has 1 unspecified atom stereocenters. The summed E-state index contributed by atoms with van der Waals surface area (Å²) in [6, 6.07) is 12.2. The van der Waals surface area contributed by atoms with Crippen LogP contribution >= 0.6 is 27.3 Å². The lowest BCUT2D eigenvalue weighted by atomic mass is 9.75. The number of nitrogens with two attached hydrogens (primary N) is 1. The maximum absolute atomic E-state index is 13.1. The number of ketones is 1. The Morgan fingerprint density at radius 2 is 1.96 bits per heavy atom. The molecule has 4 nitrogen and oxygen atoms in total. The van der Waals surface area contributed by atoms with Gasteiger partial charge in [-0.1, -0.05) is 15.9 Å². The van der Waals surface area contributed by atoms with Crippen molar-refractivity contribution in [2.75, 3.05) is 4.90 Å². The van der Waals surface area contributed by atoms with Gasteiger partial charge in [-0.05, 0) is 62.6 Å². The highest BCUT2D eigenvalue weighted by molar-refractivity contribution is 9.10. The van der Waals surface area contributed by atoms with Crippen LogP contribution in [-0.4, -0.2) is 5.78 Å². The summed E-state index contributed by atoms with van der Waals surface area (Å²) in [6.45, 7) is 4.10. The summed E-state index contributed by atoms with van der Waals surface area (Å²) in [4.78, 5) is 17.3. The van der Waals surface area contributed by atoms with Gasteiger partial charge >= 0.3 is 0 Å². The van der Waals surface area contributed by atoms with E-state index in [9.17, 15) is 10.1 Å². The van der Waals surface area contributed by atoms with Crippen molar-refractivity contribution in [2.45, 2.75) is 39.0 Å². The minimum Gasteiger partial charge on any atom is -0.384 e. The first kappa shape index (κ1) is 19.0. The van der Waals surface area contributed by atoms with E-state index in [2.05, 4.69) is 35.0 Å². The van der Waals surface area contributed by atoms with Crippen molar-refractivity contribution in [1.82, 2.24) is 0 Å². The van der Waals surface area contributed by atoms with Gasteiger partial charge in [-0.15, -0.1) is 11.3 Å². The summed E-state index contributed by atoms with van der Waals surface area (Å²) in [5, 5.41) is 10.0. The first-order chi connectivity index (χ1) is 13.4. The molecule has 2 aliphatic rings. The van der Waals surface area contributed by atoms with E-state index in [1.54, 1.807) is 11.3 Å². The number of carbonyl (C=O) groups excluding carboxylic acids is 1. The minimum absolute atomic E-state index is 0.122. The summed E-state index contributed by atoms with van der Waals surface area (Å²) >= 11 is 5.15. The molecule has 0 amide bonds. The van der Waals surface area contributed by atoms with Crippen LogP contribution in [0.2, 0.25) is 0 Å². The number of carbonyl (C=O) groups is 1. The number of hydrogen-bond acceptors (Lipinski definition) is 5. The van der Waals surface area contributed by atoms with E-state index in [1.807, 2.05) is 36.1 Å². The lowest BCUT2D eigenvalue weighted by molar-refractivity contribution is -0.116. The second-order valence-electron chi connectivity index (χ2n) is 7.16. The van der Waals surface area contributed by atoms with Crippen LogP contribution in [0.3, 0.4) is 0 Å². The zero-order valence-electron chi connectivity index (χ0n) is 15.8. The number of benzene rings is 1.